The quantitative estimate of drug-likeness (QED) is 0.662. The fourth-order valence-electron chi connectivity index (χ4n) is 3.47. The Labute approximate surface area is 176 Å². The van der Waals surface area contributed by atoms with Gasteiger partial charge in [-0.15, -0.1) is 0 Å². The first kappa shape index (κ1) is 20.5. The molecule has 1 fully saturated rings. The van der Waals surface area contributed by atoms with E-state index in [1.807, 2.05) is 0 Å². The Balaban J connectivity index is 1.59. The third-order valence-electron chi connectivity index (χ3n) is 5.31. The molecular formula is C21H21FN6O3. The molecule has 2 aromatic heterocycles. The number of amides is 1. The Morgan fingerprint density at radius 2 is 1.87 bits per heavy atom. The van der Waals surface area contributed by atoms with Gasteiger partial charge in [-0.1, -0.05) is 6.92 Å². The van der Waals surface area contributed by atoms with Crippen molar-refractivity contribution in [3.05, 3.63) is 75.1 Å². The molecule has 1 aromatic carbocycles. The highest BCUT2D eigenvalue weighted by Crippen LogP contribution is 2.22. The fraction of sp³-hybridized carbons (Fsp3) is 0.286. The van der Waals surface area contributed by atoms with Crippen molar-refractivity contribution in [2.24, 2.45) is 5.92 Å². The van der Waals surface area contributed by atoms with E-state index in [9.17, 15) is 18.8 Å². The average molecular weight is 424 g/mol. The van der Waals surface area contributed by atoms with Gasteiger partial charge in [0.15, 0.2) is 0 Å². The van der Waals surface area contributed by atoms with Crippen LogP contribution in [0.4, 0.5) is 16.0 Å². The van der Waals surface area contributed by atoms with Gasteiger partial charge >= 0.3 is 5.69 Å². The van der Waals surface area contributed by atoms with Crippen molar-refractivity contribution in [1.82, 2.24) is 19.5 Å². The van der Waals surface area contributed by atoms with Crippen LogP contribution in [-0.4, -0.2) is 38.5 Å². The minimum Gasteiger partial charge on any atom is -0.356 e. The van der Waals surface area contributed by atoms with Crippen LogP contribution >= 0.6 is 0 Å². The molecule has 0 aliphatic carbocycles. The summed E-state index contributed by atoms with van der Waals surface area (Å²) in [5, 5.41) is 2.58. The molecular weight excluding hydrogens is 403 g/mol. The van der Waals surface area contributed by atoms with Gasteiger partial charge in [0.2, 0.25) is 0 Å². The summed E-state index contributed by atoms with van der Waals surface area (Å²) < 4.78 is 14.0. The highest BCUT2D eigenvalue weighted by molar-refractivity contribution is 6.03. The van der Waals surface area contributed by atoms with E-state index >= 15 is 0 Å². The topological polar surface area (TPSA) is 113 Å². The number of nitrogens with zero attached hydrogens (tertiary/aromatic N) is 4. The van der Waals surface area contributed by atoms with Crippen molar-refractivity contribution >= 4 is 17.5 Å². The predicted molar refractivity (Wildman–Crippen MR) is 113 cm³/mol. The SMILES string of the molecule is CC1CCN(c2cc(NC(=O)c3c[nH]c(=O)n(-c4ccc(F)cc4)c3=O)ncn2)CC1. The zero-order valence-electron chi connectivity index (χ0n) is 16.8. The summed E-state index contributed by atoms with van der Waals surface area (Å²) in [6.07, 6.45) is 4.53. The van der Waals surface area contributed by atoms with Crippen LogP contribution in [0.3, 0.4) is 0 Å². The maximum Gasteiger partial charge on any atom is 0.333 e. The Hall–Kier alpha value is -3.82. The second-order valence-electron chi connectivity index (χ2n) is 7.51. The number of anilines is 2. The van der Waals surface area contributed by atoms with Crippen LogP contribution in [-0.2, 0) is 0 Å². The summed E-state index contributed by atoms with van der Waals surface area (Å²) >= 11 is 0. The molecule has 160 valence electrons. The third-order valence-corrected chi connectivity index (χ3v) is 5.31. The van der Waals surface area contributed by atoms with Crippen molar-refractivity contribution in [3.8, 4) is 5.69 Å². The Kier molecular flexibility index (Phi) is 5.61. The molecule has 3 heterocycles. The fourth-order valence-corrected chi connectivity index (χ4v) is 3.47. The number of rotatable bonds is 4. The van der Waals surface area contributed by atoms with E-state index in [-0.39, 0.29) is 17.1 Å². The number of hydrogen-bond acceptors (Lipinski definition) is 6. The van der Waals surface area contributed by atoms with Crippen LogP contribution in [0.25, 0.3) is 5.69 Å². The highest BCUT2D eigenvalue weighted by atomic mass is 19.1. The molecule has 0 bridgehead atoms. The van der Waals surface area contributed by atoms with E-state index in [0.717, 1.165) is 48.8 Å². The first-order valence-electron chi connectivity index (χ1n) is 9.91. The number of benzene rings is 1. The molecule has 1 amide bonds. The number of H-pyrrole nitrogens is 1. The van der Waals surface area contributed by atoms with Gasteiger partial charge in [-0.05, 0) is 43.0 Å². The molecule has 3 aromatic rings. The number of nitrogens with one attached hydrogen (secondary N) is 2. The second-order valence-corrected chi connectivity index (χ2v) is 7.51. The van der Waals surface area contributed by atoms with Gasteiger partial charge in [-0.25, -0.2) is 23.7 Å². The molecule has 1 saturated heterocycles. The minimum absolute atomic E-state index is 0.144. The van der Waals surface area contributed by atoms with Crippen molar-refractivity contribution in [2.45, 2.75) is 19.8 Å². The normalized spacial score (nSPS) is 14.5. The Morgan fingerprint density at radius 1 is 1.16 bits per heavy atom. The zero-order valence-corrected chi connectivity index (χ0v) is 16.8. The summed E-state index contributed by atoms with van der Waals surface area (Å²) in [4.78, 5) is 50.5. The lowest BCUT2D eigenvalue weighted by Crippen LogP contribution is -2.38. The summed E-state index contributed by atoms with van der Waals surface area (Å²) in [5.41, 5.74) is -1.70. The molecule has 9 nitrogen and oxygen atoms in total. The molecule has 4 rings (SSSR count). The molecule has 2 N–H and O–H groups in total. The van der Waals surface area contributed by atoms with Crippen LogP contribution in [0, 0.1) is 11.7 Å². The minimum atomic E-state index is -0.827. The largest absolute Gasteiger partial charge is 0.356 e. The lowest BCUT2D eigenvalue weighted by atomic mass is 9.99. The molecule has 0 spiro atoms. The van der Waals surface area contributed by atoms with Crippen molar-refractivity contribution in [3.63, 3.8) is 0 Å². The van der Waals surface area contributed by atoms with Crippen LogP contribution in [0.5, 0.6) is 0 Å². The van der Waals surface area contributed by atoms with Crippen molar-refractivity contribution in [1.29, 1.82) is 0 Å². The molecule has 0 atom stereocenters. The molecule has 10 heteroatoms. The van der Waals surface area contributed by atoms with Gasteiger partial charge in [0.25, 0.3) is 11.5 Å². The van der Waals surface area contributed by atoms with E-state index in [0.29, 0.717) is 11.7 Å². The maximum absolute atomic E-state index is 13.2. The van der Waals surface area contributed by atoms with E-state index in [2.05, 4.69) is 32.1 Å². The van der Waals surface area contributed by atoms with Gasteiger partial charge in [0, 0.05) is 25.4 Å². The molecule has 0 radical (unpaired) electrons. The van der Waals surface area contributed by atoms with Gasteiger partial charge in [-0.2, -0.15) is 0 Å². The van der Waals surface area contributed by atoms with Crippen LogP contribution in [0.2, 0.25) is 0 Å². The number of halogens is 1. The van der Waals surface area contributed by atoms with E-state index in [1.54, 1.807) is 6.07 Å². The Morgan fingerprint density at radius 3 is 2.58 bits per heavy atom. The molecule has 0 saturated carbocycles. The standard InChI is InChI=1S/C21H21FN6O3/c1-13-6-8-27(9-7-13)18-10-17(24-12-25-18)26-19(29)16-11-23-21(31)28(20(16)30)15-4-2-14(22)3-5-15/h2-5,10-13H,6-9H2,1H3,(H,23,31)(H,24,25,26,29). The number of carbonyl (C=O) groups excluding carboxylic acids is 1. The third kappa shape index (κ3) is 4.37. The summed E-state index contributed by atoms with van der Waals surface area (Å²) in [5.74, 6) is 0.370. The first-order valence-corrected chi connectivity index (χ1v) is 9.91. The lowest BCUT2D eigenvalue weighted by Gasteiger charge is -2.31. The molecule has 0 unspecified atom stereocenters. The van der Waals surface area contributed by atoms with Gasteiger partial charge in [-0.3, -0.25) is 9.59 Å². The van der Waals surface area contributed by atoms with E-state index in [1.165, 1.54) is 18.5 Å². The maximum atomic E-state index is 13.2. The summed E-state index contributed by atoms with van der Waals surface area (Å²) in [6.45, 7) is 3.95. The van der Waals surface area contributed by atoms with Crippen LogP contribution in [0.15, 0.2) is 52.4 Å². The van der Waals surface area contributed by atoms with Gasteiger partial charge in [0.1, 0.15) is 29.3 Å². The zero-order chi connectivity index (χ0) is 22.0. The smallest absolute Gasteiger partial charge is 0.333 e. The lowest BCUT2D eigenvalue weighted by molar-refractivity contribution is 0.102. The molecule has 31 heavy (non-hydrogen) atoms. The highest BCUT2D eigenvalue weighted by Gasteiger charge is 2.19. The molecule has 1 aliphatic rings. The number of piperidine rings is 1. The first-order chi connectivity index (χ1) is 14.9. The molecule has 1 aliphatic heterocycles. The average Bonchev–Trinajstić information content (AvgIpc) is 2.76. The number of aromatic amines is 1. The van der Waals surface area contributed by atoms with Crippen molar-refractivity contribution < 1.29 is 9.18 Å². The van der Waals surface area contributed by atoms with Crippen LogP contribution < -0.4 is 21.5 Å². The number of carbonyl (C=O) groups is 1. The monoisotopic (exact) mass is 424 g/mol. The number of hydrogen-bond donors (Lipinski definition) is 2. The predicted octanol–water partition coefficient (Wildman–Crippen LogP) is 1.94. The second kappa shape index (κ2) is 8.50. The van der Waals surface area contributed by atoms with E-state index < -0.39 is 23.0 Å². The summed E-state index contributed by atoms with van der Waals surface area (Å²) in [7, 11) is 0. The Bertz CT molecular complexity index is 1210. The summed E-state index contributed by atoms with van der Waals surface area (Å²) in [6, 6.07) is 6.46. The number of aromatic nitrogens is 4. The van der Waals surface area contributed by atoms with Crippen LogP contribution in [0.1, 0.15) is 30.1 Å². The van der Waals surface area contributed by atoms with Gasteiger partial charge < -0.3 is 15.2 Å². The van der Waals surface area contributed by atoms with Gasteiger partial charge in [0.05, 0.1) is 5.69 Å². The van der Waals surface area contributed by atoms with E-state index in [4.69, 9.17) is 0 Å². The van der Waals surface area contributed by atoms with Crippen molar-refractivity contribution in [2.75, 3.05) is 23.3 Å².